The largest absolute Gasteiger partial charge is 0.367 e. The maximum absolute atomic E-state index is 4.49. The van der Waals surface area contributed by atoms with Crippen LogP contribution in [0, 0.1) is 19.8 Å². The summed E-state index contributed by atoms with van der Waals surface area (Å²) in [6, 6.07) is 2.62. The van der Waals surface area contributed by atoms with E-state index in [9.17, 15) is 0 Å². The highest BCUT2D eigenvalue weighted by Gasteiger charge is 2.22. The SMILES string of the molecule is CCC(Nc1cc(C)nc(C)n1)C1CCCCC1. The minimum atomic E-state index is 0.569. The normalized spacial score (nSPS) is 18.6. The molecule has 1 N–H and O–H groups in total. The van der Waals surface area contributed by atoms with Gasteiger partial charge in [0.25, 0.3) is 0 Å². The van der Waals surface area contributed by atoms with Crippen molar-refractivity contribution in [2.24, 2.45) is 5.92 Å². The van der Waals surface area contributed by atoms with Gasteiger partial charge in [0.05, 0.1) is 0 Å². The summed E-state index contributed by atoms with van der Waals surface area (Å²) >= 11 is 0. The second-order valence-corrected chi connectivity index (χ2v) is 5.50. The van der Waals surface area contributed by atoms with Crippen LogP contribution in [0.4, 0.5) is 5.82 Å². The van der Waals surface area contributed by atoms with Crippen LogP contribution in [0.3, 0.4) is 0 Å². The van der Waals surface area contributed by atoms with Gasteiger partial charge in [-0.2, -0.15) is 0 Å². The molecule has 1 aliphatic rings. The quantitative estimate of drug-likeness (QED) is 0.877. The van der Waals surface area contributed by atoms with E-state index >= 15 is 0 Å². The average molecular weight is 247 g/mol. The molecule has 1 unspecified atom stereocenters. The summed E-state index contributed by atoms with van der Waals surface area (Å²) in [5.74, 6) is 2.67. The van der Waals surface area contributed by atoms with Crippen LogP contribution in [0.2, 0.25) is 0 Å². The smallest absolute Gasteiger partial charge is 0.130 e. The van der Waals surface area contributed by atoms with Crippen molar-refractivity contribution in [3.63, 3.8) is 0 Å². The van der Waals surface area contributed by atoms with Crippen LogP contribution in [-0.2, 0) is 0 Å². The Morgan fingerprint density at radius 1 is 1.22 bits per heavy atom. The zero-order valence-corrected chi connectivity index (χ0v) is 11.9. The molecule has 0 amide bonds. The molecule has 100 valence electrons. The summed E-state index contributed by atoms with van der Waals surface area (Å²) in [6.07, 6.45) is 8.11. The fraction of sp³-hybridized carbons (Fsp3) is 0.733. The van der Waals surface area contributed by atoms with Crippen LogP contribution >= 0.6 is 0 Å². The van der Waals surface area contributed by atoms with Gasteiger partial charge in [-0.1, -0.05) is 26.2 Å². The molecule has 0 aromatic carbocycles. The van der Waals surface area contributed by atoms with Gasteiger partial charge in [-0.3, -0.25) is 0 Å². The first-order chi connectivity index (χ1) is 8.69. The van der Waals surface area contributed by atoms with Gasteiger partial charge in [-0.15, -0.1) is 0 Å². The predicted molar refractivity (Wildman–Crippen MR) is 75.8 cm³/mol. The van der Waals surface area contributed by atoms with Crippen molar-refractivity contribution in [3.05, 3.63) is 17.6 Å². The standard InChI is InChI=1S/C15H25N3/c1-4-14(13-8-6-5-7-9-13)18-15-10-11(2)16-12(3)17-15/h10,13-14H,4-9H2,1-3H3,(H,16,17,18). The van der Waals surface area contributed by atoms with Crippen LogP contribution in [0.5, 0.6) is 0 Å². The lowest BCUT2D eigenvalue weighted by Crippen LogP contribution is -2.30. The third-order valence-electron chi connectivity index (χ3n) is 3.96. The van der Waals surface area contributed by atoms with Crippen LogP contribution in [0.25, 0.3) is 0 Å². The van der Waals surface area contributed by atoms with Crippen molar-refractivity contribution in [1.82, 2.24) is 9.97 Å². The Morgan fingerprint density at radius 2 is 1.94 bits per heavy atom. The zero-order chi connectivity index (χ0) is 13.0. The highest BCUT2D eigenvalue weighted by molar-refractivity contribution is 5.37. The Bertz CT molecular complexity index is 363. The number of aromatic nitrogens is 2. The molecule has 0 radical (unpaired) electrons. The van der Waals surface area contributed by atoms with Gasteiger partial charge >= 0.3 is 0 Å². The first-order valence-corrected chi connectivity index (χ1v) is 7.28. The molecule has 3 nitrogen and oxygen atoms in total. The van der Waals surface area contributed by atoms with Crippen molar-refractivity contribution in [2.75, 3.05) is 5.32 Å². The Hall–Kier alpha value is -1.12. The van der Waals surface area contributed by atoms with Crippen LogP contribution in [0.15, 0.2) is 6.07 Å². The minimum absolute atomic E-state index is 0.569. The number of nitrogens with one attached hydrogen (secondary N) is 1. The Labute approximate surface area is 110 Å². The average Bonchev–Trinajstić information content (AvgIpc) is 2.36. The molecule has 18 heavy (non-hydrogen) atoms. The van der Waals surface area contributed by atoms with Gasteiger partial charge in [0.1, 0.15) is 11.6 Å². The number of hydrogen-bond donors (Lipinski definition) is 1. The topological polar surface area (TPSA) is 37.8 Å². The minimum Gasteiger partial charge on any atom is -0.367 e. The highest BCUT2D eigenvalue weighted by atomic mass is 15.0. The zero-order valence-electron chi connectivity index (χ0n) is 11.9. The summed E-state index contributed by atoms with van der Waals surface area (Å²) in [5.41, 5.74) is 1.04. The number of nitrogens with zero attached hydrogens (tertiary/aromatic N) is 2. The second kappa shape index (κ2) is 6.17. The van der Waals surface area contributed by atoms with Crippen molar-refractivity contribution in [2.45, 2.75) is 65.3 Å². The van der Waals surface area contributed by atoms with Crippen molar-refractivity contribution in [1.29, 1.82) is 0 Å². The number of rotatable bonds is 4. The molecule has 1 aromatic heterocycles. The first-order valence-electron chi connectivity index (χ1n) is 7.28. The van der Waals surface area contributed by atoms with E-state index < -0.39 is 0 Å². The predicted octanol–water partition coefficient (Wildman–Crippen LogP) is 3.86. The molecule has 2 rings (SSSR count). The third-order valence-corrected chi connectivity index (χ3v) is 3.96. The lowest BCUT2D eigenvalue weighted by atomic mass is 9.83. The van der Waals surface area contributed by atoms with E-state index in [4.69, 9.17) is 0 Å². The van der Waals surface area contributed by atoms with Gasteiger partial charge in [0.15, 0.2) is 0 Å². The summed E-state index contributed by atoms with van der Waals surface area (Å²) in [7, 11) is 0. The molecule has 1 heterocycles. The fourth-order valence-electron chi connectivity index (χ4n) is 3.07. The summed E-state index contributed by atoms with van der Waals surface area (Å²) in [5, 5.41) is 3.63. The monoisotopic (exact) mass is 247 g/mol. The summed E-state index contributed by atoms with van der Waals surface area (Å²) < 4.78 is 0. The molecule has 0 bridgehead atoms. The van der Waals surface area contributed by atoms with Gasteiger partial charge in [0, 0.05) is 17.8 Å². The van der Waals surface area contributed by atoms with E-state index in [0.717, 1.165) is 23.3 Å². The molecule has 3 heteroatoms. The first kappa shape index (κ1) is 13.3. The lowest BCUT2D eigenvalue weighted by Gasteiger charge is -2.30. The molecular weight excluding hydrogens is 222 g/mol. The number of hydrogen-bond acceptors (Lipinski definition) is 3. The molecule has 1 fully saturated rings. The molecule has 1 aromatic rings. The van der Waals surface area contributed by atoms with E-state index in [1.165, 1.54) is 38.5 Å². The van der Waals surface area contributed by atoms with Gasteiger partial charge < -0.3 is 5.32 Å². The Kier molecular flexibility index (Phi) is 4.56. The maximum atomic E-state index is 4.49. The molecule has 1 saturated carbocycles. The van der Waals surface area contributed by atoms with Crippen molar-refractivity contribution >= 4 is 5.82 Å². The van der Waals surface area contributed by atoms with Gasteiger partial charge in [0.2, 0.25) is 0 Å². The van der Waals surface area contributed by atoms with Crippen LogP contribution < -0.4 is 5.32 Å². The van der Waals surface area contributed by atoms with Crippen LogP contribution in [0.1, 0.15) is 57.0 Å². The van der Waals surface area contributed by atoms with E-state index in [-0.39, 0.29) is 0 Å². The van der Waals surface area contributed by atoms with E-state index in [2.05, 4.69) is 28.3 Å². The molecule has 0 saturated heterocycles. The molecule has 1 aliphatic carbocycles. The van der Waals surface area contributed by atoms with Crippen LogP contribution in [-0.4, -0.2) is 16.0 Å². The van der Waals surface area contributed by atoms with Gasteiger partial charge in [-0.05, 0) is 39.0 Å². The van der Waals surface area contributed by atoms with E-state index in [1.807, 2.05) is 13.8 Å². The van der Waals surface area contributed by atoms with Gasteiger partial charge in [-0.25, -0.2) is 9.97 Å². The van der Waals surface area contributed by atoms with Crippen molar-refractivity contribution in [3.8, 4) is 0 Å². The highest BCUT2D eigenvalue weighted by Crippen LogP contribution is 2.29. The Balaban J connectivity index is 2.04. The summed E-state index contributed by atoms with van der Waals surface area (Å²) in [6.45, 7) is 6.26. The third kappa shape index (κ3) is 3.44. The lowest BCUT2D eigenvalue weighted by molar-refractivity contribution is 0.312. The molecule has 1 atom stereocenters. The number of aryl methyl sites for hydroxylation is 2. The number of anilines is 1. The fourth-order valence-corrected chi connectivity index (χ4v) is 3.07. The molecular formula is C15H25N3. The maximum Gasteiger partial charge on any atom is 0.130 e. The van der Waals surface area contributed by atoms with E-state index in [1.54, 1.807) is 0 Å². The Morgan fingerprint density at radius 3 is 2.56 bits per heavy atom. The van der Waals surface area contributed by atoms with Crippen molar-refractivity contribution < 1.29 is 0 Å². The molecule has 0 spiro atoms. The second-order valence-electron chi connectivity index (χ2n) is 5.50. The summed E-state index contributed by atoms with van der Waals surface area (Å²) in [4.78, 5) is 8.82. The van der Waals surface area contributed by atoms with E-state index in [0.29, 0.717) is 6.04 Å². The molecule has 0 aliphatic heterocycles.